The number of aromatic nitrogens is 4. The Balaban J connectivity index is 1.41. The van der Waals surface area contributed by atoms with Crippen LogP contribution in [-0.4, -0.2) is 205 Å². The fraction of sp³-hybridized carbons (Fsp3) is 0.538. The molecular weight excluding hydrogens is 943 g/mol. The molecule has 29 nitrogen and oxygen atoms in total. The number of aromatic amines is 1. The molecule has 0 spiro atoms. The molecule has 3 aromatic rings. The Hall–Kier alpha value is -6.19. The second-order valence-corrected chi connectivity index (χ2v) is 16.1. The quantitative estimate of drug-likeness (QED) is 0.0249. The predicted octanol–water partition coefficient (Wildman–Crippen LogP) is -7.98. The van der Waals surface area contributed by atoms with Crippen LogP contribution < -0.4 is 43.2 Å². The number of hydrogen-bond acceptors (Lipinski definition) is 23. The van der Waals surface area contributed by atoms with Gasteiger partial charge in [0.2, 0.25) is 29.6 Å². The van der Waals surface area contributed by atoms with Crippen molar-refractivity contribution in [2.24, 2.45) is 0 Å². The molecule has 1 saturated heterocycles. The van der Waals surface area contributed by atoms with Crippen molar-refractivity contribution >= 4 is 70.9 Å². The maximum atomic E-state index is 13.7. The van der Waals surface area contributed by atoms with Gasteiger partial charge >= 0.3 is 5.97 Å². The third-order valence-corrected chi connectivity index (χ3v) is 10.8. The van der Waals surface area contributed by atoms with E-state index >= 15 is 0 Å². The first-order valence-electron chi connectivity index (χ1n) is 20.9. The van der Waals surface area contributed by atoms with Crippen LogP contribution in [0.2, 0.25) is 0 Å². The fourth-order valence-corrected chi connectivity index (χ4v) is 6.75. The maximum Gasteiger partial charge on any atom is 0.305 e. The Morgan fingerprint density at radius 2 is 1.41 bits per heavy atom. The molecule has 1 aromatic carbocycles. The average molecular weight is 998 g/mol. The Bertz CT molecular complexity index is 2330. The predicted molar refractivity (Wildman–Crippen MR) is 237 cm³/mol. The first-order valence-corrected chi connectivity index (χ1v) is 21.5. The first kappa shape index (κ1) is 55.4. The van der Waals surface area contributed by atoms with Gasteiger partial charge in [0.1, 0.15) is 60.9 Å². The minimum Gasteiger partial charge on any atom is -0.481 e. The number of nitrogens with two attached hydrogens (primary N) is 1. The van der Waals surface area contributed by atoms with Gasteiger partial charge in [0.25, 0.3) is 11.5 Å². The number of carbonyl (C=O) groups excluding carboxylic acids is 5. The molecule has 0 bridgehead atoms. The lowest BCUT2D eigenvalue weighted by atomic mass is 9.98. The third kappa shape index (κ3) is 15.7. The van der Waals surface area contributed by atoms with E-state index in [2.05, 4.69) is 53.8 Å². The van der Waals surface area contributed by atoms with E-state index in [9.17, 15) is 84.6 Å². The summed E-state index contributed by atoms with van der Waals surface area (Å²) in [6.45, 7) is -0.607. The third-order valence-electron chi connectivity index (χ3n) is 10.4. The summed E-state index contributed by atoms with van der Waals surface area (Å²) in [7, 11) is 0. The highest BCUT2D eigenvalue weighted by molar-refractivity contribution is 7.80. The minimum absolute atomic E-state index is 0.00640. The van der Waals surface area contributed by atoms with E-state index in [-0.39, 0.29) is 41.4 Å². The van der Waals surface area contributed by atoms with Gasteiger partial charge in [0.15, 0.2) is 17.5 Å². The molecule has 4 rings (SSSR count). The Morgan fingerprint density at radius 1 is 0.826 bits per heavy atom. The average Bonchev–Trinajstić information content (AvgIpc) is 4.06. The molecule has 380 valence electrons. The summed E-state index contributed by atoms with van der Waals surface area (Å²) in [5, 5.41) is 115. The van der Waals surface area contributed by atoms with Gasteiger partial charge in [-0.2, -0.15) is 17.6 Å². The standard InChI is InChI=1S/C39H55N11O18S/c1-14(43-33(62)15-3-5-16(6-4-15)41-9-17-10-42-32-26(44-17)37(66)50-39(40)49-32)2-7-22(55)47-24(29(60)27(58)20(53)11-51)35(64)45-18(8-23(56)57)34(63)48-25(30(61)28(59)21(54)12-52)36(65)46-19(13-69)31-38(67)68-31/h3-6,10,14,18-21,24-25,27-31,38,41,51-54,58-61,67,69H,2,7-9,11-13H2,1H3,(H,43,62)(H,45,64)(H,46,65)(H,47,55)(H,48,63)(H,56,57)(H3,40,42,49,50,66)/t14-,18+,19-,20-,21-,24+,25+,27-,28-,29-,30-,31?,38?/m1/s1. The highest BCUT2D eigenvalue weighted by Crippen LogP contribution is 2.24. The SMILES string of the molecule is C[C@H](CCC(=O)N[C@H](C(=O)N[C@@H](CC(=O)O)C(=O)N[C@H](C(=O)N[C@H](CS)C1OC1O)[C@@H](O)[C@H](O)[C@H](O)CO)[C@@H](O)[C@H](O)[C@H](O)CO)NC(=O)c1ccc(NCc2cnc3nc(N)[nH]c(=O)c3n2)cc1. The lowest BCUT2D eigenvalue weighted by Gasteiger charge is -2.32. The van der Waals surface area contributed by atoms with Crippen LogP contribution in [-0.2, 0) is 35.3 Å². The number of carboxylic acids is 1. The van der Waals surface area contributed by atoms with E-state index in [4.69, 9.17) is 10.5 Å². The van der Waals surface area contributed by atoms with Crippen molar-refractivity contribution in [1.82, 2.24) is 46.5 Å². The number of carboxylic acid groups (broad SMARTS) is 1. The van der Waals surface area contributed by atoms with Gasteiger partial charge in [0.05, 0.1) is 44.1 Å². The lowest BCUT2D eigenvalue weighted by molar-refractivity contribution is -0.145. The van der Waals surface area contributed by atoms with Gasteiger partial charge < -0.3 is 93.4 Å². The number of nitrogens with zero attached hydrogens (tertiary/aromatic N) is 3. The number of nitrogen functional groups attached to an aromatic ring is 1. The van der Waals surface area contributed by atoms with Crippen molar-refractivity contribution in [3.05, 3.63) is 52.1 Å². The molecule has 69 heavy (non-hydrogen) atoms. The Kier molecular flexibility index (Phi) is 20.4. The number of epoxide rings is 1. The number of thiol groups is 1. The number of H-pyrrole nitrogens is 1. The summed E-state index contributed by atoms with van der Waals surface area (Å²) in [6, 6.07) is -2.43. The van der Waals surface area contributed by atoms with Crippen LogP contribution >= 0.6 is 12.6 Å². The summed E-state index contributed by atoms with van der Waals surface area (Å²) >= 11 is 4.05. The second kappa shape index (κ2) is 25.4. The molecule has 0 aliphatic carbocycles. The van der Waals surface area contributed by atoms with Gasteiger partial charge in [0, 0.05) is 29.5 Å². The van der Waals surface area contributed by atoms with Crippen LogP contribution in [0.3, 0.4) is 0 Å². The highest BCUT2D eigenvalue weighted by atomic mass is 32.1. The number of hydrogen-bond donors (Lipinski definition) is 19. The van der Waals surface area contributed by atoms with E-state index in [0.717, 1.165) is 0 Å². The smallest absolute Gasteiger partial charge is 0.305 e. The molecule has 30 heteroatoms. The Labute approximate surface area is 395 Å². The summed E-state index contributed by atoms with van der Waals surface area (Å²) < 4.78 is 4.90. The van der Waals surface area contributed by atoms with Crippen LogP contribution in [0.25, 0.3) is 11.2 Å². The minimum atomic E-state index is -2.45. The van der Waals surface area contributed by atoms with Gasteiger partial charge in [-0.15, -0.1) is 0 Å². The maximum absolute atomic E-state index is 13.7. The molecule has 19 N–H and O–H groups in total. The molecule has 0 saturated carbocycles. The van der Waals surface area contributed by atoms with Crippen molar-refractivity contribution in [1.29, 1.82) is 0 Å². The molecule has 1 aliphatic rings. The summed E-state index contributed by atoms with van der Waals surface area (Å²) in [4.78, 5) is 106. The topological polar surface area (TPSA) is 487 Å². The van der Waals surface area contributed by atoms with E-state index in [0.29, 0.717) is 11.4 Å². The zero-order valence-corrected chi connectivity index (χ0v) is 37.3. The number of nitrogens with one attached hydrogen (secondary N) is 7. The number of benzene rings is 1. The van der Waals surface area contributed by atoms with Gasteiger partial charge in [-0.1, -0.05) is 0 Å². The van der Waals surface area contributed by atoms with Gasteiger partial charge in [-0.3, -0.25) is 38.5 Å². The molecule has 2 aromatic heterocycles. The number of anilines is 2. The number of aliphatic hydroxyl groups excluding tert-OH is 9. The van der Waals surface area contributed by atoms with Crippen LogP contribution in [0.4, 0.5) is 11.6 Å². The van der Waals surface area contributed by atoms with E-state index in [1.165, 1.54) is 25.3 Å². The number of rotatable bonds is 27. The number of ether oxygens (including phenoxy) is 1. The largest absolute Gasteiger partial charge is 0.481 e. The zero-order chi connectivity index (χ0) is 51.3. The number of carbonyl (C=O) groups is 6. The number of fused-ring (bicyclic) bond motifs is 1. The molecule has 13 atom stereocenters. The first-order chi connectivity index (χ1) is 32.6. The normalized spacial score (nSPS) is 19.2. The van der Waals surface area contributed by atoms with Crippen LogP contribution in [0.1, 0.15) is 42.2 Å². The van der Waals surface area contributed by atoms with E-state index in [1.54, 1.807) is 12.1 Å². The van der Waals surface area contributed by atoms with Crippen molar-refractivity contribution in [2.45, 2.75) is 112 Å². The highest BCUT2D eigenvalue weighted by Gasteiger charge is 2.46. The van der Waals surface area contributed by atoms with Crippen molar-refractivity contribution in [3.63, 3.8) is 0 Å². The molecular formula is C39H55N11O18S. The fourth-order valence-electron chi connectivity index (χ4n) is 6.45. The molecule has 5 amide bonds. The summed E-state index contributed by atoms with van der Waals surface area (Å²) in [5.74, 6) is -8.02. The molecule has 3 heterocycles. The van der Waals surface area contributed by atoms with Crippen LogP contribution in [0, 0.1) is 0 Å². The van der Waals surface area contributed by atoms with Crippen molar-refractivity contribution < 1.29 is 84.6 Å². The lowest BCUT2D eigenvalue weighted by Crippen LogP contribution is -2.64. The van der Waals surface area contributed by atoms with Gasteiger partial charge in [-0.25, -0.2) is 9.97 Å². The second-order valence-electron chi connectivity index (χ2n) is 15.8. The molecule has 0 radical (unpaired) electrons. The van der Waals surface area contributed by atoms with Crippen molar-refractivity contribution in [2.75, 3.05) is 30.0 Å². The summed E-state index contributed by atoms with van der Waals surface area (Å²) in [6.07, 6.45) is -16.5. The number of aliphatic carboxylic acids is 1. The van der Waals surface area contributed by atoms with E-state index in [1.807, 2.05) is 10.6 Å². The Morgan fingerprint density at radius 3 is 1.96 bits per heavy atom. The summed E-state index contributed by atoms with van der Waals surface area (Å²) in [5.41, 5.74) is 6.22. The zero-order valence-electron chi connectivity index (χ0n) is 36.4. The van der Waals surface area contributed by atoms with Crippen LogP contribution in [0.5, 0.6) is 0 Å². The molecule has 1 fully saturated rings. The molecule has 2 unspecified atom stereocenters. The number of aliphatic hydroxyl groups is 9. The van der Waals surface area contributed by atoms with Crippen LogP contribution in [0.15, 0.2) is 35.3 Å². The van der Waals surface area contributed by atoms with Crippen molar-refractivity contribution in [3.8, 4) is 0 Å². The molecule has 1 aliphatic heterocycles. The van der Waals surface area contributed by atoms with E-state index < -0.39 is 146 Å². The monoisotopic (exact) mass is 997 g/mol. The number of amides is 5. The van der Waals surface area contributed by atoms with Gasteiger partial charge in [-0.05, 0) is 37.6 Å².